The Morgan fingerprint density at radius 1 is 1.27 bits per heavy atom. The van der Waals surface area contributed by atoms with Gasteiger partial charge >= 0.3 is 0 Å². The second-order valence-electron chi connectivity index (χ2n) is 5.65. The second kappa shape index (κ2) is 4.42. The van der Waals surface area contributed by atoms with Gasteiger partial charge < -0.3 is 10.6 Å². The van der Waals surface area contributed by atoms with Crippen LogP contribution >= 0.6 is 0 Å². The summed E-state index contributed by atoms with van der Waals surface area (Å²) < 4.78 is 0. The Labute approximate surface area is 93.7 Å². The molecule has 0 fully saturated rings. The Bertz CT molecular complexity index is 233. The van der Waals surface area contributed by atoms with Crippen molar-refractivity contribution in [1.82, 2.24) is 4.90 Å². The van der Waals surface area contributed by atoms with Gasteiger partial charge in [0.15, 0.2) is 5.96 Å². The van der Waals surface area contributed by atoms with E-state index in [4.69, 9.17) is 5.73 Å². The van der Waals surface area contributed by atoms with Crippen molar-refractivity contribution in [3.8, 4) is 0 Å². The standard InChI is InChI=1S/C12H25N3/c1-9(2)6-12(7-10(3)4)8-14-11(13)15(12)5/h9-10H,6-8H2,1-5H3,(H2,13,14). The molecule has 0 amide bonds. The Morgan fingerprint density at radius 2 is 1.73 bits per heavy atom. The van der Waals surface area contributed by atoms with Gasteiger partial charge in [-0.2, -0.15) is 0 Å². The molecule has 1 aliphatic rings. The first-order valence-corrected chi connectivity index (χ1v) is 5.91. The van der Waals surface area contributed by atoms with Crippen molar-refractivity contribution in [2.24, 2.45) is 22.6 Å². The largest absolute Gasteiger partial charge is 0.370 e. The average Bonchev–Trinajstić information content (AvgIpc) is 2.32. The van der Waals surface area contributed by atoms with Crippen LogP contribution in [-0.4, -0.2) is 30.0 Å². The molecule has 0 radical (unpaired) electrons. The van der Waals surface area contributed by atoms with E-state index in [0.717, 1.165) is 6.54 Å². The maximum absolute atomic E-state index is 5.88. The molecule has 1 aliphatic heterocycles. The number of likely N-dealkylation sites (N-methyl/N-ethyl adjacent to an activating group) is 1. The minimum atomic E-state index is 0.173. The third-order valence-corrected chi connectivity index (χ3v) is 3.17. The fraction of sp³-hybridized carbons (Fsp3) is 0.917. The predicted octanol–water partition coefficient (Wildman–Crippen LogP) is 2.08. The van der Waals surface area contributed by atoms with Gasteiger partial charge in [-0.3, -0.25) is 4.99 Å². The lowest BCUT2D eigenvalue weighted by atomic mass is 9.81. The highest BCUT2D eigenvalue weighted by atomic mass is 15.3. The van der Waals surface area contributed by atoms with Crippen LogP contribution in [0.2, 0.25) is 0 Å². The molecular formula is C12H25N3. The summed E-state index contributed by atoms with van der Waals surface area (Å²) in [6.45, 7) is 9.94. The van der Waals surface area contributed by atoms with Crippen LogP contribution in [0.5, 0.6) is 0 Å². The van der Waals surface area contributed by atoms with E-state index < -0.39 is 0 Å². The van der Waals surface area contributed by atoms with E-state index in [1.165, 1.54) is 12.8 Å². The molecule has 3 nitrogen and oxygen atoms in total. The quantitative estimate of drug-likeness (QED) is 0.773. The van der Waals surface area contributed by atoms with Crippen LogP contribution in [0.4, 0.5) is 0 Å². The van der Waals surface area contributed by atoms with E-state index in [0.29, 0.717) is 17.8 Å². The summed E-state index contributed by atoms with van der Waals surface area (Å²) in [6, 6.07) is 0. The summed E-state index contributed by atoms with van der Waals surface area (Å²) in [5, 5.41) is 0. The van der Waals surface area contributed by atoms with Crippen LogP contribution in [0, 0.1) is 11.8 Å². The zero-order valence-electron chi connectivity index (χ0n) is 10.7. The number of guanidine groups is 1. The lowest BCUT2D eigenvalue weighted by Crippen LogP contribution is -2.50. The number of hydrogen-bond donors (Lipinski definition) is 1. The molecule has 0 bridgehead atoms. The Hall–Kier alpha value is -0.730. The van der Waals surface area contributed by atoms with Gasteiger partial charge in [0, 0.05) is 7.05 Å². The van der Waals surface area contributed by atoms with E-state index >= 15 is 0 Å². The van der Waals surface area contributed by atoms with Crippen molar-refractivity contribution >= 4 is 5.96 Å². The normalized spacial score (nSPS) is 20.2. The number of aliphatic imine (C=N–C) groups is 1. The molecule has 3 heteroatoms. The van der Waals surface area contributed by atoms with Gasteiger partial charge in [0.25, 0.3) is 0 Å². The molecule has 88 valence electrons. The first kappa shape index (κ1) is 12.3. The van der Waals surface area contributed by atoms with E-state index in [9.17, 15) is 0 Å². The molecule has 0 aliphatic carbocycles. The smallest absolute Gasteiger partial charge is 0.191 e. The van der Waals surface area contributed by atoms with E-state index in [1.807, 2.05) is 0 Å². The van der Waals surface area contributed by atoms with Gasteiger partial charge in [-0.25, -0.2) is 0 Å². The minimum Gasteiger partial charge on any atom is -0.370 e. The van der Waals surface area contributed by atoms with Crippen molar-refractivity contribution in [3.05, 3.63) is 0 Å². The molecule has 0 atom stereocenters. The summed E-state index contributed by atoms with van der Waals surface area (Å²) in [7, 11) is 2.08. The van der Waals surface area contributed by atoms with Crippen LogP contribution in [-0.2, 0) is 0 Å². The maximum Gasteiger partial charge on any atom is 0.191 e. The fourth-order valence-electron chi connectivity index (χ4n) is 2.69. The van der Waals surface area contributed by atoms with Crippen molar-refractivity contribution in [2.45, 2.75) is 46.1 Å². The number of hydrogen-bond acceptors (Lipinski definition) is 3. The molecule has 0 saturated heterocycles. The van der Waals surface area contributed by atoms with Crippen molar-refractivity contribution < 1.29 is 0 Å². The topological polar surface area (TPSA) is 41.6 Å². The summed E-state index contributed by atoms with van der Waals surface area (Å²) in [5.41, 5.74) is 6.05. The van der Waals surface area contributed by atoms with Crippen LogP contribution in [0.25, 0.3) is 0 Å². The monoisotopic (exact) mass is 211 g/mol. The van der Waals surface area contributed by atoms with Crippen molar-refractivity contribution in [1.29, 1.82) is 0 Å². The predicted molar refractivity (Wildman–Crippen MR) is 65.9 cm³/mol. The highest BCUT2D eigenvalue weighted by Crippen LogP contribution is 2.33. The molecule has 0 aromatic rings. The highest BCUT2D eigenvalue weighted by molar-refractivity contribution is 5.80. The van der Waals surface area contributed by atoms with Crippen LogP contribution in [0.1, 0.15) is 40.5 Å². The molecule has 1 heterocycles. The third kappa shape index (κ3) is 2.64. The van der Waals surface area contributed by atoms with Crippen molar-refractivity contribution in [2.75, 3.05) is 13.6 Å². The molecular weight excluding hydrogens is 186 g/mol. The Morgan fingerprint density at radius 3 is 2.00 bits per heavy atom. The van der Waals surface area contributed by atoms with Gasteiger partial charge in [-0.15, -0.1) is 0 Å². The third-order valence-electron chi connectivity index (χ3n) is 3.17. The summed E-state index contributed by atoms with van der Waals surface area (Å²) in [4.78, 5) is 6.58. The van der Waals surface area contributed by atoms with Crippen LogP contribution in [0.15, 0.2) is 4.99 Å². The van der Waals surface area contributed by atoms with Gasteiger partial charge in [-0.05, 0) is 24.7 Å². The second-order valence-corrected chi connectivity index (χ2v) is 5.65. The summed E-state index contributed by atoms with van der Waals surface area (Å²) >= 11 is 0. The molecule has 0 spiro atoms. The van der Waals surface area contributed by atoms with Gasteiger partial charge in [-0.1, -0.05) is 27.7 Å². The number of rotatable bonds is 4. The maximum atomic E-state index is 5.88. The van der Waals surface area contributed by atoms with E-state index in [1.54, 1.807) is 0 Å². The van der Waals surface area contributed by atoms with E-state index in [-0.39, 0.29) is 5.54 Å². The summed E-state index contributed by atoms with van der Waals surface area (Å²) in [5.74, 6) is 2.08. The lowest BCUT2D eigenvalue weighted by Gasteiger charge is -2.39. The lowest BCUT2D eigenvalue weighted by molar-refractivity contribution is 0.160. The molecule has 2 N–H and O–H groups in total. The molecule has 15 heavy (non-hydrogen) atoms. The van der Waals surface area contributed by atoms with Gasteiger partial charge in [0.05, 0.1) is 12.1 Å². The Kier molecular flexibility index (Phi) is 3.63. The zero-order valence-corrected chi connectivity index (χ0v) is 10.7. The molecule has 0 saturated carbocycles. The molecule has 1 rings (SSSR count). The van der Waals surface area contributed by atoms with Gasteiger partial charge in [0.1, 0.15) is 0 Å². The first-order valence-electron chi connectivity index (χ1n) is 5.91. The molecule has 0 unspecified atom stereocenters. The zero-order chi connectivity index (χ0) is 11.6. The number of nitrogens with two attached hydrogens (primary N) is 1. The van der Waals surface area contributed by atoms with Crippen LogP contribution < -0.4 is 5.73 Å². The molecule has 0 aromatic carbocycles. The highest BCUT2D eigenvalue weighted by Gasteiger charge is 2.40. The Balaban J connectivity index is 2.79. The average molecular weight is 211 g/mol. The van der Waals surface area contributed by atoms with Gasteiger partial charge in [0.2, 0.25) is 0 Å². The fourth-order valence-corrected chi connectivity index (χ4v) is 2.69. The van der Waals surface area contributed by atoms with E-state index in [2.05, 4.69) is 44.6 Å². The number of nitrogens with zero attached hydrogens (tertiary/aromatic N) is 2. The SMILES string of the molecule is CC(C)CC1(CC(C)C)CN=C(N)N1C. The molecule has 0 aromatic heterocycles. The minimum absolute atomic E-state index is 0.173. The first-order chi connectivity index (χ1) is 6.87. The summed E-state index contributed by atoms with van der Waals surface area (Å²) in [6.07, 6.45) is 2.35. The van der Waals surface area contributed by atoms with Crippen molar-refractivity contribution in [3.63, 3.8) is 0 Å². The van der Waals surface area contributed by atoms with Crippen LogP contribution in [0.3, 0.4) is 0 Å².